The molecule has 0 bridgehead atoms. The monoisotopic (exact) mass is 318 g/mol. The number of ketones is 1. The number of rotatable bonds is 7. The molecule has 1 aromatic rings. The Kier molecular flexibility index (Phi) is 6.74. The summed E-state index contributed by atoms with van der Waals surface area (Å²) in [5.41, 5.74) is 2.96. The van der Waals surface area contributed by atoms with E-state index in [1.54, 1.807) is 0 Å². The van der Waals surface area contributed by atoms with Crippen molar-refractivity contribution in [3.63, 3.8) is 0 Å². The van der Waals surface area contributed by atoms with Gasteiger partial charge >= 0.3 is 0 Å². The lowest BCUT2D eigenvalue weighted by Crippen LogP contribution is -2.41. The van der Waals surface area contributed by atoms with Crippen LogP contribution in [-0.4, -0.2) is 56.0 Å². The van der Waals surface area contributed by atoms with Crippen molar-refractivity contribution in [2.24, 2.45) is 0 Å². The molecular formula is C18H26N2O3. The van der Waals surface area contributed by atoms with E-state index >= 15 is 0 Å². The van der Waals surface area contributed by atoms with Gasteiger partial charge in [0, 0.05) is 44.6 Å². The highest BCUT2D eigenvalue weighted by atomic mass is 16.5. The lowest BCUT2D eigenvalue weighted by Gasteiger charge is -2.26. The average Bonchev–Trinajstić information content (AvgIpc) is 2.56. The Hall–Kier alpha value is -1.72. The smallest absolute Gasteiger partial charge is 0.220 e. The van der Waals surface area contributed by atoms with Gasteiger partial charge in [0.25, 0.3) is 0 Å². The molecular weight excluding hydrogens is 292 g/mol. The number of carbonyl (C=O) groups is 2. The summed E-state index contributed by atoms with van der Waals surface area (Å²) in [4.78, 5) is 26.2. The maximum absolute atomic E-state index is 12.1. The molecule has 1 saturated heterocycles. The van der Waals surface area contributed by atoms with Crippen molar-refractivity contribution in [1.82, 2.24) is 10.2 Å². The molecule has 0 spiro atoms. The molecule has 0 atom stereocenters. The summed E-state index contributed by atoms with van der Waals surface area (Å²) in [6.45, 7) is 8.83. The van der Waals surface area contributed by atoms with Crippen molar-refractivity contribution in [3.8, 4) is 0 Å². The molecule has 0 unspecified atom stereocenters. The number of Topliss-reactive ketones (excluding diaryl/α,β-unsaturated/α-hetero) is 1. The summed E-state index contributed by atoms with van der Waals surface area (Å²) < 4.78 is 5.28. The second-order valence-electron chi connectivity index (χ2n) is 6.03. The van der Waals surface area contributed by atoms with Crippen LogP contribution in [-0.2, 0) is 9.53 Å². The minimum Gasteiger partial charge on any atom is -0.379 e. The standard InChI is InChI=1S/C18H26N2O3/c1-14-3-4-16(13-15(14)2)17(21)5-6-18(22)19-7-8-20-9-11-23-12-10-20/h3-4,13H,5-12H2,1-2H3,(H,19,22). The van der Waals surface area contributed by atoms with Gasteiger partial charge in [-0.2, -0.15) is 0 Å². The van der Waals surface area contributed by atoms with Crippen LogP contribution in [0.15, 0.2) is 18.2 Å². The maximum Gasteiger partial charge on any atom is 0.220 e. The van der Waals surface area contributed by atoms with Gasteiger partial charge in [0.1, 0.15) is 0 Å². The van der Waals surface area contributed by atoms with E-state index in [2.05, 4.69) is 10.2 Å². The lowest BCUT2D eigenvalue weighted by molar-refractivity contribution is -0.121. The van der Waals surface area contributed by atoms with Crippen LogP contribution in [0.3, 0.4) is 0 Å². The Morgan fingerprint density at radius 3 is 2.57 bits per heavy atom. The molecule has 0 aromatic heterocycles. The van der Waals surface area contributed by atoms with E-state index in [0.29, 0.717) is 12.1 Å². The van der Waals surface area contributed by atoms with Gasteiger partial charge in [0.15, 0.2) is 5.78 Å². The summed E-state index contributed by atoms with van der Waals surface area (Å²) in [6.07, 6.45) is 0.501. The van der Waals surface area contributed by atoms with E-state index in [1.807, 2.05) is 32.0 Å². The Morgan fingerprint density at radius 1 is 1.13 bits per heavy atom. The average molecular weight is 318 g/mol. The van der Waals surface area contributed by atoms with Gasteiger partial charge in [-0.3, -0.25) is 14.5 Å². The van der Waals surface area contributed by atoms with Crippen molar-refractivity contribution in [2.45, 2.75) is 26.7 Å². The first-order chi connectivity index (χ1) is 11.1. The van der Waals surface area contributed by atoms with E-state index in [-0.39, 0.29) is 24.5 Å². The first-order valence-corrected chi connectivity index (χ1v) is 8.23. The van der Waals surface area contributed by atoms with Crippen LogP contribution in [0.5, 0.6) is 0 Å². The molecule has 0 saturated carbocycles. The van der Waals surface area contributed by atoms with E-state index in [1.165, 1.54) is 5.56 Å². The van der Waals surface area contributed by atoms with Crippen molar-refractivity contribution in [3.05, 3.63) is 34.9 Å². The molecule has 23 heavy (non-hydrogen) atoms. The molecule has 1 aliphatic heterocycles. The number of morpholine rings is 1. The molecule has 1 aromatic carbocycles. The fourth-order valence-electron chi connectivity index (χ4n) is 2.55. The van der Waals surface area contributed by atoms with Gasteiger partial charge in [-0.1, -0.05) is 12.1 Å². The third-order valence-electron chi connectivity index (χ3n) is 4.26. The molecule has 0 radical (unpaired) electrons. The topological polar surface area (TPSA) is 58.6 Å². The highest BCUT2D eigenvalue weighted by molar-refractivity contribution is 5.98. The number of benzene rings is 1. The molecule has 1 heterocycles. The molecule has 2 rings (SSSR count). The van der Waals surface area contributed by atoms with Crippen LogP contribution < -0.4 is 5.32 Å². The normalized spacial score (nSPS) is 15.4. The van der Waals surface area contributed by atoms with E-state index < -0.39 is 0 Å². The Balaban J connectivity index is 1.67. The molecule has 1 fully saturated rings. The maximum atomic E-state index is 12.1. The second kappa shape index (κ2) is 8.79. The number of amides is 1. The fourth-order valence-corrected chi connectivity index (χ4v) is 2.55. The Labute approximate surface area is 138 Å². The van der Waals surface area contributed by atoms with E-state index in [9.17, 15) is 9.59 Å². The molecule has 0 aliphatic carbocycles. The predicted molar refractivity (Wildman–Crippen MR) is 89.7 cm³/mol. The minimum absolute atomic E-state index is 0.0245. The van der Waals surface area contributed by atoms with Crippen molar-refractivity contribution in [2.75, 3.05) is 39.4 Å². The zero-order chi connectivity index (χ0) is 16.7. The number of aryl methyl sites for hydroxylation is 2. The highest BCUT2D eigenvalue weighted by Gasteiger charge is 2.12. The number of nitrogens with zero attached hydrogens (tertiary/aromatic N) is 1. The van der Waals surface area contributed by atoms with Gasteiger partial charge < -0.3 is 10.1 Å². The molecule has 5 nitrogen and oxygen atoms in total. The number of ether oxygens (including phenoxy) is 1. The van der Waals surface area contributed by atoms with E-state index in [0.717, 1.165) is 38.4 Å². The summed E-state index contributed by atoms with van der Waals surface area (Å²) in [5.74, 6) is -0.0353. The van der Waals surface area contributed by atoms with Gasteiger partial charge in [0.05, 0.1) is 13.2 Å². The predicted octanol–water partition coefficient (Wildman–Crippen LogP) is 1.71. The van der Waals surface area contributed by atoms with Crippen LogP contribution in [0.25, 0.3) is 0 Å². The quantitative estimate of drug-likeness (QED) is 0.778. The highest BCUT2D eigenvalue weighted by Crippen LogP contribution is 2.12. The minimum atomic E-state index is -0.0598. The van der Waals surface area contributed by atoms with Gasteiger partial charge in [-0.05, 0) is 31.0 Å². The Bertz CT molecular complexity index is 551. The first-order valence-electron chi connectivity index (χ1n) is 8.23. The van der Waals surface area contributed by atoms with Crippen LogP contribution in [0.4, 0.5) is 0 Å². The molecule has 5 heteroatoms. The van der Waals surface area contributed by atoms with E-state index in [4.69, 9.17) is 4.74 Å². The Morgan fingerprint density at radius 2 is 1.87 bits per heavy atom. The van der Waals surface area contributed by atoms with Crippen LogP contribution in [0.2, 0.25) is 0 Å². The first kappa shape index (κ1) is 17.6. The lowest BCUT2D eigenvalue weighted by atomic mass is 10.0. The number of nitrogens with one attached hydrogen (secondary N) is 1. The number of hydrogen-bond donors (Lipinski definition) is 1. The second-order valence-corrected chi connectivity index (χ2v) is 6.03. The summed E-state index contributed by atoms with van der Waals surface area (Å²) in [7, 11) is 0. The fraction of sp³-hybridized carbons (Fsp3) is 0.556. The van der Waals surface area contributed by atoms with Crippen molar-refractivity contribution < 1.29 is 14.3 Å². The van der Waals surface area contributed by atoms with Gasteiger partial charge in [-0.15, -0.1) is 0 Å². The summed E-state index contributed by atoms with van der Waals surface area (Å²) in [6, 6.07) is 5.68. The van der Waals surface area contributed by atoms with Gasteiger partial charge in [0.2, 0.25) is 5.91 Å². The van der Waals surface area contributed by atoms with Crippen LogP contribution in [0, 0.1) is 13.8 Å². The molecule has 1 N–H and O–H groups in total. The molecule has 1 aliphatic rings. The SMILES string of the molecule is Cc1ccc(C(=O)CCC(=O)NCCN2CCOCC2)cc1C. The zero-order valence-electron chi connectivity index (χ0n) is 14.1. The zero-order valence-corrected chi connectivity index (χ0v) is 14.1. The number of carbonyl (C=O) groups excluding carboxylic acids is 2. The molecule has 1 amide bonds. The third-order valence-corrected chi connectivity index (χ3v) is 4.26. The largest absolute Gasteiger partial charge is 0.379 e. The van der Waals surface area contributed by atoms with Crippen LogP contribution in [0.1, 0.15) is 34.3 Å². The van der Waals surface area contributed by atoms with Crippen molar-refractivity contribution in [1.29, 1.82) is 0 Å². The molecule has 126 valence electrons. The van der Waals surface area contributed by atoms with Gasteiger partial charge in [-0.25, -0.2) is 0 Å². The van der Waals surface area contributed by atoms with Crippen LogP contribution >= 0.6 is 0 Å². The third kappa shape index (κ3) is 5.77. The summed E-state index contributed by atoms with van der Waals surface area (Å²) >= 11 is 0. The van der Waals surface area contributed by atoms with Crippen molar-refractivity contribution >= 4 is 11.7 Å². The summed E-state index contributed by atoms with van der Waals surface area (Å²) in [5, 5.41) is 2.88. The number of hydrogen-bond acceptors (Lipinski definition) is 4.